The van der Waals surface area contributed by atoms with Crippen molar-refractivity contribution >= 4 is 44.4 Å². The number of sulfonamides is 1. The van der Waals surface area contributed by atoms with Gasteiger partial charge in [-0.1, -0.05) is 18.2 Å². The number of fused-ring (bicyclic) bond motifs is 1. The number of para-hydroxylation sites is 2. The number of rotatable bonds is 7. The fraction of sp³-hybridized carbons (Fsp3) is 0.381. The maximum Gasteiger partial charge on any atom is 0.245 e. The summed E-state index contributed by atoms with van der Waals surface area (Å²) >= 11 is 0.997. The van der Waals surface area contributed by atoms with Gasteiger partial charge in [-0.2, -0.15) is 13.1 Å². The quantitative estimate of drug-likeness (QED) is 0.560. The topological polar surface area (TPSA) is 105 Å². The number of anilines is 1. The first-order valence-corrected chi connectivity index (χ1v) is 12.6. The van der Waals surface area contributed by atoms with Crippen molar-refractivity contribution in [1.82, 2.24) is 18.0 Å². The van der Waals surface area contributed by atoms with Gasteiger partial charge in [0.05, 0.1) is 30.1 Å². The number of carbonyl (C=O) groups is 1. The van der Waals surface area contributed by atoms with Crippen molar-refractivity contribution in [3.63, 3.8) is 0 Å². The van der Waals surface area contributed by atoms with Crippen LogP contribution in [-0.2, 0) is 14.8 Å². The van der Waals surface area contributed by atoms with Gasteiger partial charge in [0.25, 0.3) is 0 Å². The molecule has 1 fully saturated rings. The number of aromatic nitrogens is 2. The van der Waals surface area contributed by atoms with Crippen LogP contribution in [0.1, 0.15) is 13.8 Å². The maximum absolute atomic E-state index is 13.2. The molecule has 1 amide bonds. The van der Waals surface area contributed by atoms with E-state index in [1.54, 1.807) is 24.3 Å². The molecule has 1 saturated heterocycles. The molecule has 32 heavy (non-hydrogen) atoms. The lowest BCUT2D eigenvalue weighted by Gasteiger charge is -2.36. The molecule has 0 saturated carbocycles. The minimum absolute atomic E-state index is 0.160. The summed E-state index contributed by atoms with van der Waals surface area (Å²) in [4.78, 5) is 15.0. The van der Waals surface area contributed by atoms with Gasteiger partial charge in [-0.15, -0.1) is 0 Å². The molecule has 1 atom stereocenters. The van der Waals surface area contributed by atoms with Gasteiger partial charge in [0, 0.05) is 26.2 Å². The van der Waals surface area contributed by atoms with Crippen molar-refractivity contribution in [2.45, 2.75) is 24.8 Å². The smallest absolute Gasteiger partial charge is 0.245 e. The van der Waals surface area contributed by atoms with E-state index in [1.165, 1.54) is 4.31 Å². The standard InChI is InChI=1S/C21H25N5O4S2/c1-3-30-18-9-5-4-7-16(18)22-21(27)15(2)25-11-13-26(14-12-25)32(28,29)19-10-6-8-17-20(19)24-31-23-17/h4-10,15H,3,11-14H2,1-2H3,(H,22,27). The second-order valence-corrected chi connectivity index (χ2v) is 9.86. The van der Waals surface area contributed by atoms with E-state index in [-0.39, 0.29) is 10.8 Å². The fourth-order valence-corrected chi connectivity index (χ4v) is 5.89. The van der Waals surface area contributed by atoms with Gasteiger partial charge in [0.15, 0.2) is 0 Å². The van der Waals surface area contributed by atoms with E-state index in [1.807, 2.05) is 36.9 Å². The highest BCUT2D eigenvalue weighted by molar-refractivity contribution is 7.89. The molecule has 170 valence electrons. The molecule has 2 aromatic carbocycles. The molecule has 3 aromatic rings. The zero-order valence-corrected chi connectivity index (χ0v) is 19.5. The Morgan fingerprint density at radius 2 is 1.88 bits per heavy atom. The van der Waals surface area contributed by atoms with Crippen LogP contribution in [-0.4, -0.2) is 71.1 Å². The van der Waals surface area contributed by atoms with Gasteiger partial charge in [0.1, 0.15) is 21.7 Å². The summed E-state index contributed by atoms with van der Waals surface area (Å²) in [6, 6.07) is 11.9. The van der Waals surface area contributed by atoms with Crippen molar-refractivity contribution in [3.8, 4) is 5.75 Å². The van der Waals surface area contributed by atoms with Gasteiger partial charge in [-0.3, -0.25) is 9.69 Å². The summed E-state index contributed by atoms with van der Waals surface area (Å²) in [5, 5.41) is 2.93. The molecule has 1 N–H and O–H groups in total. The van der Waals surface area contributed by atoms with Gasteiger partial charge < -0.3 is 10.1 Å². The highest BCUT2D eigenvalue weighted by Crippen LogP contribution is 2.26. The number of carbonyl (C=O) groups excluding carboxylic acids is 1. The third-order valence-electron chi connectivity index (χ3n) is 5.51. The van der Waals surface area contributed by atoms with Crippen molar-refractivity contribution in [3.05, 3.63) is 42.5 Å². The van der Waals surface area contributed by atoms with Crippen LogP contribution in [0.5, 0.6) is 5.75 Å². The highest BCUT2D eigenvalue weighted by Gasteiger charge is 2.33. The largest absolute Gasteiger partial charge is 0.492 e. The summed E-state index contributed by atoms with van der Waals surface area (Å²) in [5.41, 5.74) is 1.60. The molecule has 9 nitrogen and oxygen atoms in total. The molecule has 0 aliphatic carbocycles. The number of nitrogens with zero attached hydrogens (tertiary/aromatic N) is 4. The van der Waals surface area contributed by atoms with E-state index in [0.717, 1.165) is 11.7 Å². The highest BCUT2D eigenvalue weighted by atomic mass is 32.2. The summed E-state index contributed by atoms with van der Waals surface area (Å²) < 4.78 is 41.7. The SMILES string of the molecule is CCOc1ccccc1NC(=O)C(C)N1CCN(S(=O)(=O)c2cccc3nsnc23)CC1. The van der Waals surface area contributed by atoms with Crippen LogP contribution in [0.15, 0.2) is 47.4 Å². The lowest BCUT2D eigenvalue weighted by atomic mass is 10.2. The van der Waals surface area contributed by atoms with Crippen molar-refractivity contribution < 1.29 is 17.9 Å². The molecule has 0 bridgehead atoms. The number of amides is 1. The number of ether oxygens (including phenoxy) is 1. The maximum atomic E-state index is 13.2. The minimum Gasteiger partial charge on any atom is -0.492 e. The monoisotopic (exact) mass is 475 g/mol. The summed E-state index contributed by atoms with van der Waals surface area (Å²) in [5.74, 6) is 0.462. The number of hydrogen-bond acceptors (Lipinski definition) is 8. The van der Waals surface area contributed by atoms with E-state index < -0.39 is 16.1 Å². The molecule has 4 rings (SSSR count). The molecule has 1 aliphatic heterocycles. The number of piperazine rings is 1. The van der Waals surface area contributed by atoms with Crippen LogP contribution in [0.4, 0.5) is 5.69 Å². The first kappa shape index (κ1) is 22.6. The Bertz CT molecular complexity index is 1210. The van der Waals surface area contributed by atoms with Crippen LogP contribution in [0.25, 0.3) is 11.0 Å². The molecule has 0 radical (unpaired) electrons. The fourth-order valence-electron chi connectivity index (χ4n) is 3.71. The predicted octanol–water partition coefficient (Wildman–Crippen LogP) is 2.42. The zero-order valence-electron chi connectivity index (χ0n) is 17.9. The molecular weight excluding hydrogens is 450 g/mol. The summed E-state index contributed by atoms with van der Waals surface area (Å²) in [7, 11) is -3.69. The Morgan fingerprint density at radius 3 is 2.62 bits per heavy atom. The molecule has 1 aliphatic rings. The predicted molar refractivity (Wildman–Crippen MR) is 123 cm³/mol. The van der Waals surface area contributed by atoms with Crippen LogP contribution < -0.4 is 10.1 Å². The Kier molecular flexibility index (Phi) is 6.70. The lowest BCUT2D eigenvalue weighted by Crippen LogP contribution is -2.53. The Hall–Kier alpha value is -2.60. The van der Waals surface area contributed by atoms with Crippen LogP contribution >= 0.6 is 11.7 Å². The van der Waals surface area contributed by atoms with E-state index in [4.69, 9.17) is 4.74 Å². The average Bonchev–Trinajstić information content (AvgIpc) is 3.29. The van der Waals surface area contributed by atoms with Crippen molar-refractivity contribution in [1.29, 1.82) is 0 Å². The Balaban J connectivity index is 1.41. The third kappa shape index (κ3) is 4.46. The van der Waals surface area contributed by atoms with Crippen LogP contribution in [0.3, 0.4) is 0 Å². The molecule has 1 unspecified atom stereocenters. The molecule has 0 spiro atoms. The van der Waals surface area contributed by atoms with E-state index in [9.17, 15) is 13.2 Å². The minimum atomic E-state index is -3.69. The van der Waals surface area contributed by atoms with E-state index >= 15 is 0 Å². The van der Waals surface area contributed by atoms with Gasteiger partial charge in [0.2, 0.25) is 15.9 Å². The number of benzene rings is 2. The van der Waals surface area contributed by atoms with Crippen LogP contribution in [0, 0.1) is 0 Å². The second-order valence-electron chi connectivity index (χ2n) is 7.42. The molecule has 2 heterocycles. The number of nitrogens with one attached hydrogen (secondary N) is 1. The lowest BCUT2D eigenvalue weighted by molar-refractivity contribution is -0.121. The summed E-state index contributed by atoms with van der Waals surface area (Å²) in [6.45, 7) is 5.71. The normalized spacial score (nSPS) is 16.7. The summed E-state index contributed by atoms with van der Waals surface area (Å²) in [6.07, 6.45) is 0. The molecule has 1 aromatic heterocycles. The average molecular weight is 476 g/mol. The second kappa shape index (κ2) is 9.49. The zero-order chi connectivity index (χ0) is 22.7. The van der Waals surface area contributed by atoms with Gasteiger partial charge >= 0.3 is 0 Å². The van der Waals surface area contributed by atoms with E-state index in [0.29, 0.717) is 55.3 Å². The van der Waals surface area contributed by atoms with Crippen LogP contribution in [0.2, 0.25) is 0 Å². The Labute approximate surface area is 191 Å². The third-order valence-corrected chi connectivity index (χ3v) is 7.98. The first-order chi connectivity index (χ1) is 15.4. The Morgan fingerprint density at radius 1 is 1.12 bits per heavy atom. The van der Waals surface area contributed by atoms with Gasteiger partial charge in [-0.05, 0) is 38.1 Å². The van der Waals surface area contributed by atoms with Crippen molar-refractivity contribution in [2.24, 2.45) is 0 Å². The number of hydrogen-bond donors (Lipinski definition) is 1. The van der Waals surface area contributed by atoms with E-state index in [2.05, 4.69) is 14.1 Å². The first-order valence-electron chi connectivity index (χ1n) is 10.4. The van der Waals surface area contributed by atoms with Gasteiger partial charge in [-0.25, -0.2) is 8.42 Å². The molecular formula is C21H25N5O4S2. The molecule has 11 heteroatoms. The van der Waals surface area contributed by atoms with Crippen molar-refractivity contribution in [2.75, 3.05) is 38.1 Å².